The molecule has 1 aromatic heterocycles. The summed E-state index contributed by atoms with van der Waals surface area (Å²) in [4.78, 5) is 2.55. The quantitative estimate of drug-likeness (QED) is 0.719. The van der Waals surface area contributed by atoms with E-state index in [-0.39, 0.29) is 0 Å². The van der Waals surface area contributed by atoms with Crippen molar-refractivity contribution < 1.29 is 0 Å². The molecule has 3 nitrogen and oxygen atoms in total. The Morgan fingerprint density at radius 2 is 2.36 bits per heavy atom. The molecule has 1 aromatic rings. The Morgan fingerprint density at radius 3 is 3.00 bits per heavy atom. The molecule has 2 aliphatic heterocycles. The lowest BCUT2D eigenvalue weighted by molar-refractivity contribution is 0.342. The maximum absolute atomic E-state index is 4.47. The largest absolute Gasteiger partial charge is 0.302 e. The van der Waals surface area contributed by atoms with Gasteiger partial charge in [-0.3, -0.25) is 0 Å². The Balaban J connectivity index is 1.89. The average molecular weight is 227 g/mol. The normalized spacial score (nSPS) is 35.4. The van der Waals surface area contributed by atoms with Crippen molar-refractivity contribution in [2.24, 2.45) is 5.92 Å². The number of rotatable bonds is 2. The zero-order chi connectivity index (χ0) is 9.54. The highest BCUT2D eigenvalue weighted by Gasteiger charge is 2.40. The van der Waals surface area contributed by atoms with Crippen LogP contribution in [0.1, 0.15) is 18.0 Å². The van der Waals surface area contributed by atoms with Crippen LogP contribution >= 0.6 is 23.5 Å². The molecular weight excluding hydrogens is 214 g/mol. The number of thioether (sulfide) groups is 1. The van der Waals surface area contributed by atoms with Crippen molar-refractivity contribution in [1.29, 1.82) is 0 Å². The van der Waals surface area contributed by atoms with Crippen LogP contribution in [0, 0.1) is 5.92 Å². The average Bonchev–Trinajstić information content (AvgIpc) is 2.92. The molecule has 14 heavy (non-hydrogen) atoms. The minimum Gasteiger partial charge on any atom is -0.302 e. The summed E-state index contributed by atoms with van der Waals surface area (Å²) in [5, 5.41) is 1.16. The molecule has 2 aliphatic rings. The molecule has 3 heterocycles. The molecule has 5 heteroatoms. The Kier molecular flexibility index (Phi) is 2.26. The third-order valence-corrected chi connectivity index (χ3v) is 4.70. The third-order valence-electron chi connectivity index (χ3n) is 3.36. The zero-order valence-electron chi connectivity index (χ0n) is 8.14. The number of fused-ring (bicyclic) bond motifs is 2. The van der Waals surface area contributed by atoms with Gasteiger partial charge in [0, 0.05) is 19.0 Å². The van der Waals surface area contributed by atoms with Gasteiger partial charge in [0.1, 0.15) is 5.03 Å². The predicted octanol–water partition coefficient (Wildman–Crippen LogP) is 1.68. The highest BCUT2D eigenvalue weighted by atomic mass is 32.2. The van der Waals surface area contributed by atoms with Crippen molar-refractivity contribution in [3.8, 4) is 0 Å². The second-order valence-electron chi connectivity index (χ2n) is 4.07. The molecule has 3 atom stereocenters. The predicted molar refractivity (Wildman–Crippen MR) is 59.0 cm³/mol. The number of hydrogen-bond acceptors (Lipinski definition) is 5. The maximum Gasteiger partial charge on any atom is 0.133 e. The van der Waals surface area contributed by atoms with Gasteiger partial charge in [0.05, 0.1) is 17.4 Å². The van der Waals surface area contributed by atoms with Gasteiger partial charge in [-0.2, -0.15) is 8.75 Å². The smallest absolute Gasteiger partial charge is 0.133 e. The van der Waals surface area contributed by atoms with Crippen molar-refractivity contribution in [2.75, 3.05) is 25.9 Å². The number of hydrogen-bond donors (Lipinski definition) is 0. The summed E-state index contributed by atoms with van der Waals surface area (Å²) >= 11 is 3.10. The third kappa shape index (κ3) is 1.30. The van der Waals surface area contributed by atoms with Gasteiger partial charge in [-0.25, -0.2) is 0 Å². The standard InChI is InChI=1S/C9H13N3S2/c1-13-9-8(10-14-11-9)7-5-12-3-2-6(7)4-12/h6-7H,2-5H2,1H3/t6-,7+/m0/s1. The van der Waals surface area contributed by atoms with Gasteiger partial charge in [0.25, 0.3) is 0 Å². The van der Waals surface area contributed by atoms with E-state index in [1.165, 1.54) is 43.5 Å². The van der Waals surface area contributed by atoms with Crippen LogP contribution in [-0.4, -0.2) is 39.5 Å². The first-order chi connectivity index (χ1) is 6.88. The van der Waals surface area contributed by atoms with E-state index in [9.17, 15) is 0 Å². The van der Waals surface area contributed by atoms with E-state index in [2.05, 4.69) is 19.9 Å². The summed E-state index contributed by atoms with van der Waals surface area (Å²) in [5.41, 5.74) is 1.27. The fourth-order valence-corrected chi connectivity index (χ4v) is 4.03. The van der Waals surface area contributed by atoms with Gasteiger partial charge in [0.2, 0.25) is 0 Å². The van der Waals surface area contributed by atoms with Gasteiger partial charge in [-0.15, -0.1) is 11.8 Å². The molecule has 0 N–H and O–H groups in total. The van der Waals surface area contributed by atoms with Crippen LogP contribution in [0.3, 0.4) is 0 Å². The zero-order valence-corrected chi connectivity index (χ0v) is 9.77. The van der Waals surface area contributed by atoms with Gasteiger partial charge >= 0.3 is 0 Å². The van der Waals surface area contributed by atoms with E-state index in [1.807, 2.05) is 0 Å². The lowest BCUT2D eigenvalue weighted by Gasteiger charge is -2.20. The fourth-order valence-electron chi connectivity index (χ4n) is 2.65. The molecule has 2 bridgehead atoms. The van der Waals surface area contributed by atoms with Crippen LogP contribution < -0.4 is 0 Å². The van der Waals surface area contributed by atoms with Crippen LogP contribution in [0.4, 0.5) is 0 Å². The Bertz CT molecular complexity index is 339. The van der Waals surface area contributed by atoms with E-state index < -0.39 is 0 Å². The van der Waals surface area contributed by atoms with Gasteiger partial charge < -0.3 is 4.90 Å². The van der Waals surface area contributed by atoms with Crippen molar-refractivity contribution in [1.82, 2.24) is 13.6 Å². The van der Waals surface area contributed by atoms with Crippen molar-refractivity contribution in [2.45, 2.75) is 17.4 Å². The summed E-state index contributed by atoms with van der Waals surface area (Å²) in [5.74, 6) is 1.52. The molecular formula is C9H13N3S2. The molecule has 0 radical (unpaired) electrons. The topological polar surface area (TPSA) is 29.0 Å². The van der Waals surface area contributed by atoms with E-state index in [1.54, 1.807) is 11.8 Å². The summed E-state index contributed by atoms with van der Waals surface area (Å²) in [7, 11) is 0. The van der Waals surface area contributed by atoms with Crippen molar-refractivity contribution in [3.63, 3.8) is 0 Å². The summed E-state index contributed by atoms with van der Waals surface area (Å²) in [6.45, 7) is 3.80. The van der Waals surface area contributed by atoms with E-state index >= 15 is 0 Å². The lowest BCUT2D eigenvalue weighted by Crippen LogP contribution is -2.22. The first kappa shape index (κ1) is 9.12. The monoisotopic (exact) mass is 227 g/mol. The molecule has 1 unspecified atom stereocenters. The molecule has 0 aromatic carbocycles. The van der Waals surface area contributed by atoms with Crippen molar-refractivity contribution in [3.05, 3.63) is 5.69 Å². The highest BCUT2D eigenvalue weighted by Crippen LogP contribution is 2.41. The van der Waals surface area contributed by atoms with Crippen LogP contribution in [0.15, 0.2) is 5.03 Å². The molecule has 76 valence electrons. The van der Waals surface area contributed by atoms with E-state index in [0.29, 0.717) is 5.92 Å². The lowest BCUT2D eigenvalue weighted by atomic mass is 9.90. The SMILES string of the molecule is CSc1nsnc1[C@@H]1CN2CC[C@H]1C2. The first-order valence-corrected chi connectivity index (χ1v) is 6.93. The Labute approximate surface area is 92.2 Å². The molecule has 0 amide bonds. The fraction of sp³-hybridized carbons (Fsp3) is 0.778. The number of piperidine rings is 1. The molecule has 0 spiro atoms. The van der Waals surface area contributed by atoms with Gasteiger partial charge in [0.15, 0.2) is 0 Å². The summed E-state index contributed by atoms with van der Waals surface area (Å²) < 4.78 is 8.81. The second-order valence-corrected chi connectivity index (χ2v) is 5.40. The summed E-state index contributed by atoms with van der Waals surface area (Å²) in [6, 6.07) is 0. The summed E-state index contributed by atoms with van der Waals surface area (Å²) in [6.07, 6.45) is 3.45. The molecule has 0 aliphatic carbocycles. The van der Waals surface area contributed by atoms with E-state index in [4.69, 9.17) is 0 Å². The van der Waals surface area contributed by atoms with E-state index in [0.717, 1.165) is 10.9 Å². The number of nitrogens with zero attached hydrogens (tertiary/aromatic N) is 3. The minimum atomic E-state index is 0.671. The molecule has 0 saturated carbocycles. The van der Waals surface area contributed by atoms with Crippen LogP contribution in [0.5, 0.6) is 0 Å². The molecule has 2 fully saturated rings. The second kappa shape index (κ2) is 3.47. The highest BCUT2D eigenvalue weighted by molar-refractivity contribution is 7.98. The van der Waals surface area contributed by atoms with Crippen LogP contribution in [0.25, 0.3) is 0 Å². The first-order valence-electron chi connectivity index (χ1n) is 4.97. The number of aromatic nitrogens is 2. The van der Waals surface area contributed by atoms with Crippen LogP contribution in [0.2, 0.25) is 0 Å². The van der Waals surface area contributed by atoms with Crippen molar-refractivity contribution >= 4 is 23.5 Å². The van der Waals surface area contributed by atoms with Gasteiger partial charge in [-0.1, -0.05) is 0 Å². The molecule has 3 rings (SSSR count). The minimum absolute atomic E-state index is 0.671. The maximum atomic E-state index is 4.47. The Morgan fingerprint density at radius 1 is 1.43 bits per heavy atom. The van der Waals surface area contributed by atoms with Gasteiger partial charge in [-0.05, 0) is 25.1 Å². The van der Waals surface area contributed by atoms with Crippen LogP contribution in [-0.2, 0) is 0 Å². The molecule has 2 saturated heterocycles. The Hall–Kier alpha value is -0.130.